The first-order chi connectivity index (χ1) is 9.94. The lowest BCUT2D eigenvalue weighted by Crippen LogP contribution is -2.20. The van der Waals surface area contributed by atoms with Crippen LogP contribution in [0.15, 0.2) is 4.42 Å². The number of aliphatic carboxylic acids is 1. The molecule has 0 aromatic carbocycles. The summed E-state index contributed by atoms with van der Waals surface area (Å²) < 4.78 is 11.3. The Balaban J connectivity index is 1.81. The summed E-state index contributed by atoms with van der Waals surface area (Å²) in [5, 5.41) is 16.9. The van der Waals surface area contributed by atoms with Crippen LogP contribution >= 0.6 is 0 Å². The molecule has 1 N–H and O–H groups in total. The predicted molar refractivity (Wildman–Crippen MR) is 75.9 cm³/mol. The number of aromatic nitrogens is 2. The van der Waals surface area contributed by atoms with E-state index in [0.29, 0.717) is 24.3 Å². The number of ether oxygens (including phenoxy) is 1. The molecule has 1 aromatic rings. The molecule has 0 aliphatic carbocycles. The zero-order valence-electron chi connectivity index (χ0n) is 12.8. The second kappa shape index (κ2) is 7.02. The van der Waals surface area contributed by atoms with Gasteiger partial charge >= 0.3 is 5.97 Å². The molecule has 6 nitrogen and oxygen atoms in total. The highest BCUT2D eigenvalue weighted by Crippen LogP contribution is 2.25. The lowest BCUT2D eigenvalue weighted by molar-refractivity contribution is -0.139. The van der Waals surface area contributed by atoms with Gasteiger partial charge in [0.25, 0.3) is 0 Å². The number of nitrogens with zero attached hydrogens (tertiary/aromatic N) is 2. The fourth-order valence-electron chi connectivity index (χ4n) is 2.66. The van der Waals surface area contributed by atoms with Gasteiger partial charge in [-0.3, -0.25) is 4.79 Å². The first kappa shape index (κ1) is 15.9. The molecule has 1 atom stereocenters. The standard InChI is InChI=1S/C15H24N2O4/c1-15(2,10-14(18)19)9-13-17-16-12(21-13)7-6-11-5-3-4-8-20-11/h11H,3-10H2,1-2H3,(H,18,19). The van der Waals surface area contributed by atoms with Crippen molar-refractivity contribution in [1.29, 1.82) is 0 Å². The van der Waals surface area contributed by atoms with Gasteiger partial charge in [0.1, 0.15) is 0 Å². The van der Waals surface area contributed by atoms with Crippen LogP contribution < -0.4 is 0 Å². The smallest absolute Gasteiger partial charge is 0.303 e. The van der Waals surface area contributed by atoms with Crippen molar-refractivity contribution in [3.8, 4) is 0 Å². The number of carboxylic acid groups (broad SMARTS) is 1. The molecule has 0 amide bonds. The highest BCUT2D eigenvalue weighted by molar-refractivity contribution is 5.67. The molecule has 0 bridgehead atoms. The Morgan fingerprint density at radius 2 is 2.10 bits per heavy atom. The van der Waals surface area contributed by atoms with Crippen molar-refractivity contribution in [2.75, 3.05) is 6.61 Å². The number of carbonyl (C=O) groups is 1. The number of hydrogen-bond acceptors (Lipinski definition) is 5. The third-order valence-electron chi connectivity index (χ3n) is 3.72. The van der Waals surface area contributed by atoms with Gasteiger partial charge in [-0.25, -0.2) is 0 Å². The second-order valence-corrected chi connectivity index (χ2v) is 6.53. The lowest BCUT2D eigenvalue weighted by atomic mass is 9.86. The Hall–Kier alpha value is -1.43. The van der Waals surface area contributed by atoms with E-state index in [-0.39, 0.29) is 11.8 Å². The van der Waals surface area contributed by atoms with Crippen LogP contribution in [0, 0.1) is 5.41 Å². The van der Waals surface area contributed by atoms with E-state index in [1.54, 1.807) is 0 Å². The minimum absolute atomic E-state index is 0.0840. The van der Waals surface area contributed by atoms with Gasteiger partial charge in [0.15, 0.2) is 0 Å². The summed E-state index contributed by atoms with van der Waals surface area (Å²) in [6, 6.07) is 0. The zero-order valence-corrected chi connectivity index (χ0v) is 12.8. The highest BCUT2D eigenvalue weighted by atomic mass is 16.5. The van der Waals surface area contributed by atoms with Gasteiger partial charge in [-0.05, 0) is 31.1 Å². The van der Waals surface area contributed by atoms with Crippen LogP contribution in [0.2, 0.25) is 0 Å². The van der Waals surface area contributed by atoms with Crippen molar-refractivity contribution < 1.29 is 19.1 Å². The molecular formula is C15H24N2O4. The van der Waals surface area contributed by atoms with E-state index in [4.69, 9.17) is 14.3 Å². The molecule has 1 aromatic heterocycles. The summed E-state index contributed by atoms with van der Waals surface area (Å²) in [7, 11) is 0. The van der Waals surface area contributed by atoms with Crippen molar-refractivity contribution in [3.05, 3.63) is 11.8 Å². The molecule has 2 heterocycles. The first-order valence-electron chi connectivity index (χ1n) is 7.59. The van der Waals surface area contributed by atoms with E-state index in [1.165, 1.54) is 6.42 Å². The van der Waals surface area contributed by atoms with Crippen LogP contribution in [0.4, 0.5) is 0 Å². The number of carboxylic acids is 1. The van der Waals surface area contributed by atoms with Crippen molar-refractivity contribution >= 4 is 5.97 Å². The maximum absolute atomic E-state index is 10.8. The topological polar surface area (TPSA) is 85.5 Å². The molecule has 1 fully saturated rings. The molecule has 6 heteroatoms. The summed E-state index contributed by atoms with van der Waals surface area (Å²) in [5.41, 5.74) is -0.387. The van der Waals surface area contributed by atoms with Gasteiger partial charge in [-0.2, -0.15) is 0 Å². The van der Waals surface area contributed by atoms with E-state index in [9.17, 15) is 4.79 Å². The van der Waals surface area contributed by atoms with Crippen molar-refractivity contribution in [1.82, 2.24) is 10.2 Å². The van der Waals surface area contributed by atoms with E-state index >= 15 is 0 Å². The van der Waals surface area contributed by atoms with Crippen molar-refractivity contribution in [3.63, 3.8) is 0 Å². The van der Waals surface area contributed by atoms with Gasteiger partial charge in [0.05, 0.1) is 12.5 Å². The molecule has 21 heavy (non-hydrogen) atoms. The maximum Gasteiger partial charge on any atom is 0.303 e. The number of aryl methyl sites for hydroxylation is 1. The Bertz CT molecular complexity index is 464. The first-order valence-corrected chi connectivity index (χ1v) is 7.59. The summed E-state index contributed by atoms with van der Waals surface area (Å²) in [6.45, 7) is 4.63. The molecule has 1 aliphatic rings. The van der Waals surface area contributed by atoms with E-state index in [0.717, 1.165) is 32.3 Å². The third kappa shape index (κ3) is 5.46. The zero-order chi connectivity index (χ0) is 15.3. The van der Waals surface area contributed by atoms with Gasteiger partial charge in [0.2, 0.25) is 11.8 Å². The van der Waals surface area contributed by atoms with E-state index in [1.807, 2.05) is 13.8 Å². The SMILES string of the molecule is CC(C)(CC(=O)O)Cc1nnc(CCC2CCCCO2)o1. The van der Waals surface area contributed by atoms with Crippen molar-refractivity contribution in [2.24, 2.45) is 5.41 Å². The van der Waals surface area contributed by atoms with Crippen LogP contribution in [-0.2, 0) is 22.4 Å². The largest absolute Gasteiger partial charge is 0.481 e. The van der Waals surface area contributed by atoms with Gasteiger partial charge in [-0.1, -0.05) is 13.8 Å². The summed E-state index contributed by atoms with van der Waals surface area (Å²) in [4.78, 5) is 10.8. The molecule has 0 saturated carbocycles. The second-order valence-electron chi connectivity index (χ2n) is 6.53. The number of rotatable bonds is 7. The van der Waals surface area contributed by atoms with Gasteiger partial charge in [0, 0.05) is 19.4 Å². The molecule has 2 rings (SSSR count). The van der Waals surface area contributed by atoms with Crippen molar-refractivity contribution in [2.45, 2.75) is 64.9 Å². The molecule has 0 radical (unpaired) electrons. The normalized spacial score (nSPS) is 19.6. The Labute approximate surface area is 124 Å². The Morgan fingerprint density at radius 1 is 1.33 bits per heavy atom. The summed E-state index contributed by atoms with van der Waals surface area (Å²) >= 11 is 0. The van der Waals surface area contributed by atoms with Crippen LogP contribution in [0.3, 0.4) is 0 Å². The molecule has 0 spiro atoms. The average Bonchev–Trinajstić information content (AvgIpc) is 2.82. The quantitative estimate of drug-likeness (QED) is 0.832. The van der Waals surface area contributed by atoms with Gasteiger partial charge < -0.3 is 14.3 Å². The third-order valence-corrected chi connectivity index (χ3v) is 3.72. The van der Waals surface area contributed by atoms with E-state index < -0.39 is 5.97 Å². The molecule has 1 aliphatic heterocycles. The number of hydrogen-bond donors (Lipinski definition) is 1. The molecule has 1 saturated heterocycles. The molecule has 118 valence electrons. The lowest BCUT2D eigenvalue weighted by Gasteiger charge is -2.21. The predicted octanol–water partition coefficient (Wildman–Crippen LogP) is 2.61. The van der Waals surface area contributed by atoms with Crippen LogP contribution in [0.25, 0.3) is 0 Å². The van der Waals surface area contributed by atoms with E-state index in [2.05, 4.69) is 10.2 Å². The average molecular weight is 296 g/mol. The fourth-order valence-corrected chi connectivity index (χ4v) is 2.66. The summed E-state index contributed by atoms with van der Waals surface area (Å²) in [5.74, 6) is 0.320. The van der Waals surface area contributed by atoms with Crippen LogP contribution in [-0.4, -0.2) is 34.0 Å². The van der Waals surface area contributed by atoms with Crippen LogP contribution in [0.5, 0.6) is 0 Å². The van der Waals surface area contributed by atoms with Gasteiger partial charge in [-0.15, -0.1) is 10.2 Å². The monoisotopic (exact) mass is 296 g/mol. The molecule has 1 unspecified atom stereocenters. The summed E-state index contributed by atoms with van der Waals surface area (Å²) in [6.07, 6.45) is 5.97. The molecular weight excluding hydrogens is 272 g/mol. The fraction of sp³-hybridized carbons (Fsp3) is 0.800. The minimum Gasteiger partial charge on any atom is -0.481 e. The highest BCUT2D eigenvalue weighted by Gasteiger charge is 2.25. The Morgan fingerprint density at radius 3 is 2.76 bits per heavy atom. The Kier molecular flexibility index (Phi) is 5.33. The minimum atomic E-state index is -0.811. The van der Waals surface area contributed by atoms with Crippen LogP contribution in [0.1, 0.15) is 57.7 Å². The maximum atomic E-state index is 10.8.